The average Bonchev–Trinajstić information content (AvgIpc) is 2.33. The normalized spacial score (nSPS) is 12.1. The van der Waals surface area contributed by atoms with Crippen molar-refractivity contribution in [3.05, 3.63) is 0 Å². The molecule has 0 aliphatic heterocycles. The Morgan fingerprint density at radius 3 is 1.80 bits per heavy atom. The number of amides is 2. The van der Waals surface area contributed by atoms with Crippen LogP contribution in [0.5, 0.6) is 0 Å². The van der Waals surface area contributed by atoms with Crippen LogP contribution >= 0.6 is 0 Å². The Hall–Kier alpha value is -1.10. The van der Waals surface area contributed by atoms with Gasteiger partial charge in [0.05, 0.1) is 0 Å². The minimum absolute atomic E-state index is 0.0448. The Morgan fingerprint density at radius 1 is 0.950 bits per heavy atom. The Morgan fingerprint density at radius 2 is 1.40 bits per heavy atom. The lowest BCUT2D eigenvalue weighted by molar-refractivity contribution is -0.124. The molecule has 0 heterocycles. The fourth-order valence-corrected chi connectivity index (χ4v) is 2.47. The molecule has 0 saturated heterocycles. The van der Waals surface area contributed by atoms with Crippen molar-refractivity contribution in [2.45, 2.75) is 53.9 Å². The van der Waals surface area contributed by atoms with E-state index < -0.39 is 6.61 Å². The quantitative estimate of drug-likeness (QED) is 0.600. The summed E-state index contributed by atoms with van der Waals surface area (Å²) in [4.78, 5) is 22.6. The number of rotatable bonds is 9. The lowest BCUT2D eigenvalue weighted by atomic mass is 9.75. The minimum atomic E-state index is -0.480. The zero-order chi connectivity index (χ0) is 15.8. The van der Waals surface area contributed by atoms with Crippen LogP contribution in [0.2, 0.25) is 0 Å². The monoisotopic (exact) mass is 286 g/mol. The van der Waals surface area contributed by atoms with Gasteiger partial charge in [-0.25, -0.2) is 0 Å². The van der Waals surface area contributed by atoms with Crippen molar-refractivity contribution in [1.29, 1.82) is 0 Å². The second kappa shape index (κ2) is 8.25. The lowest BCUT2D eigenvalue weighted by Crippen LogP contribution is -2.41. The van der Waals surface area contributed by atoms with Crippen LogP contribution in [-0.2, 0) is 9.59 Å². The van der Waals surface area contributed by atoms with E-state index in [1.165, 1.54) is 0 Å². The molecule has 3 N–H and O–H groups in total. The van der Waals surface area contributed by atoms with Gasteiger partial charge in [-0.15, -0.1) is 0 Å². The number of carbonyl (C=O) groups is 2. The standard InChI is InChI=1S/C15H30N2O3/c1-6-7-12(19)16-10-14(2,3)9-15(4,5)11-17-13(20)8-18/h18H,6-11H2,1-5H3,(H,16,19)(H,17,20). The van der Waals surface area contributed by atoms with Crippen LogP contribution in [-0.4, -0.2) is 36.6 Å². The zero-order valence-corrected chi connectivity index (χ0v) is 13.5. The molecule has 0 bridgehead atoms. The predicted molar refractivity (Wildman–Crippen MR) is 80.2 cm³/mol. The summed E-state index contributed by atoms with van der Waals surface area (Å²) in [7, 11) is 0. The third-order valence-corrected chi connectivity index (χ3v) is 3.11. The van der Waals surface area contributed by atoms with E-state index in [4.69, 9.17) is 5.11 Å². The molecule has 5 nitrogen and oxygen atoms in total. The van der Waals surface area contributed by atoms with Crippen molar-refractivity contribution < 1.29 is 14.7 Å². The molecular formula is C15H30N2O3. The molecule has 118 valence electrons. The second-order valence-electron chi connectivity index (χ2n) is 6.97. The Balaban J connectivity index is 4.27. The molecule has 0 aliphatic rings. The highest BCUT2D eigenvalue weighted by molar-refractivity contribution is 5.76. The summed E-state index contributed by atoms with van der Waals surface area (Å²) in [5.74, 6) is -0.265. The van der Waals surface area contributed by atoms with Crippen LogP contribution in [0.1, 0.15) is 53.9 Å². The van der Waals surface area contributed by atoms with Crippen molar-refractivity contribution in [2.24, 2.45) is 10.8 Å². The molecule has 0 aromatic heterocycles. The van der Waals surface area contributed by atoms with Gasteiger partial charge < -0.3 is 15.7 Å². The van der Waals surface area contributed by atoms with Gasteiger partial charge in [-0.1, -0.05) is 34.6 Å². The first-order valence-corrected chi connectivity index (χ1v) is 7.26. The molecule has 0 spiro atoms. The fraction of sp³-hybridized carbons (Fsp3) is 0.867. The van der Waals surface area contributed by atoms with E-state index in [0.717, 1.165) is 12.8 Å². The van der Waals surface area contributed by atoms with Gasteiger partial charge in [0.15, 0.2) is 0 Å². The Bertz CT molecular complexity index is 325. The van der Waals surface area contributed by atoms with Crippen molar-refractivity contribution in [3.63, 3.8) is 0 Å². The topological polar surface area (TPSA) is 78.4 Å². The summed E-state index contributed by atoms with van der Waals surface area (Å²) < 4.78 is 0. The first kappa shape index (κ1) is 18.9. The third kappa shape index (κ3) is 8.91. The maximum atomic E-state index is 11.5. The number of aliphatic hydroxyl groups is 1. The van der Waals surface area contributed by atoms with Crippen LogP contribution < -0.4 is 10.6 Å². The van der Waals surface area contributed by atoms with Gasteiger partial charge in [-0.3, -0.25) is 9.59 Å². The Kier molecular flexibility index (Phi) is 7.79. The first-order valence-electron chi connectivity index (χ1n) is 7.26. The number of carbonyl (C=O) groups excluding carboxylic acids is 2. The molecule has 20 heavy (non-hydrogen) atoms. The molecule has 0 atom stereocenters. The summed E-state index contributed by atoms with van der Waals surface area (Å²) in [6.07, 6.45) is 2.27. The summed E-state index contributed by atoms with van der Waals surface area (Å²) in [6, 6.07) is 0. The molecule has 0 fully saturated rings. The van der Waals surface area contributed by atoms with E-state index in [1.54, 1.807) is 0 Å². The number of hydrogen-bond acceptors (Lipinski definition) is 3. The van der Waals surface area contributed by atoms with Gasteiger partial charge in [0.25, 0.3) is 0 Å². The molecule has 5 heteroatoms. The van der Waals surface area contributed by atoms with Crippen LogP contribution in [0.4, 0.5) is 0 Å². The summed E-state index contributed by atoms with van der Waals surface area (Å²) in [5.41, 5.74) is -0.138. The lowest BCUT2D eigenvalue weighted by Gasteiger charge is -2.35. The highest BCUT2D eigenvalue weighted by atomic mass is 16.3. The summed E-state index contributed by atoms with van der Waals surface area (Å²) in [5, 5.41) is 14.4. The highest BCUT2D eigenvalue weighted by Gasteiger charge is 2.29. The molecule has 2 amide bonds. The van der Waals surface area contributed by atoms with Crippen molar-refractivity contribution in [2.75, 3.05) is 19.7 Å². The smallest absolute Gasteiger partial charge is 0.245 e. The van der Waals surface area contributed by atoms with Crippen LogP contribution in [0.15, 0.2) is 0 Å². The van der Waals surface area contributed by atoms with E-state index >= 15 is 0 Å². The second-order valence-corrected chi connectivity index (χ2v) is 6.97. The number of hydrogen-bond donors (Lipinski definition) is 3. The van der Waals surface area contributed by atoms with Crippen molar-refractivity contribution in [3.8, 4) is 0 Å². The fourth-order valence-electron chi connectivity index (χ4n) is 2.47. The molecule has 0 rings (SSSR count). The van der Waals surface area contributed by atoms with Crippen molar-refractivity contribution in [1.82, 2.24) is 10.6 Å². The molecule has 0 radical (unpaired) electrons. The van der Waals surface area contributed by atoms with Gasteiger partial charge >= 0.3 is 0 Å². The van der Waals surface area contributed by atoms with E-state index in [2.05, 4.69) is 38.3 Å². The Labute approximate surface area is 122 Å². The summed E-state index contributed by atoms with van der Waals surface area (Å²) in [6.45, 7) is 11.0. The third-order valence-electron chi connectivity index (χ3n) is 3.11. The molecular weight excluding hydrogens is 256 g/mol. The maximum Gasteiger partial charge on any atom is 0.245 e. The SMILES string of the molecule is CCCC(=O)NCC(C)(C)CC(C)(C)CNC(=O)CO. The number of aliphatic hydroxyl groups excluding tert-OH is 1. The van der Waals surface area contributed by atoms with Crippen LogP contribution in [0, 0.1) is 10.8 Å². The van der Waals surface area contributed by atoms with E-state index in [1.807, 2.05) is 6.92 Å². The van der Waals surface area contributed by atoms with E-state index in [-0.39, 0.29) is 22.6 Å². The minimum Gasteiger partial charge on any atom is -0.387 e. The largest absolute Gasteiger partial charge is 0.387 e. The van der Waals surface area contributed by atoms with Gasteiger partial charge in [0.2, 0.25) is 11.8 Å². The maximum absolute atomic E-state index is 11.5. The van der Waals surface area contributed by atoms with E-state index in [9.17, 15) is 9.59 Å². The summed E-state index contributed by atoms with van der Waals surface area (Å²) >= 11 is 0. The zero-order valence-electron chi connectivity index (χ0n) is 13.5. The van der Waals surface area contributed by atoms with Crippen LogP contribution in [0.3, 0.4) is 0 Å². The predicted octanol–water partition coefficient (Wildman–Crippen LogP) is 1.45. The highest BCUT2D eigenvalue weighted by Crippen LogP contribution is 2.32. The van der Waals surface area contributed by atoms with Crippen LogP contribution in [0.25, 0.3) is 0 Å². The first-order chi connectivity index (χ1) is 9.12. The molecule has 0 aromatic rings. The van der Waals surface area contributed by atoms with E-state index in [0.29, 0.717) is 19.5 Å². The van der Waals surface area contributed by atoms with Crippen molar-refractivity contribution >= 4 is 11.8 Å². The average molecular weight is 286 g/mol. The van der Waals surface area contributed by atoms with Gasteiger partial charge in [0, 0.05) is 19.5 Å². The molecule has 0 unspecified atom stereocenters. The molecule has 0 aromatic carbocycles. The number of nitrogens with one attached hydrogen (secondary N) is 2. The molecule has 0 aliphatic carbocycles. The van der Waals surface area contributed by atoms with Gasteiger partial charge in [-0.2, -0.15) is 0 Å². The van der Waals surface area contributed by atoms with Gasteiger partial charge in [-0.05, 0) is 23.7 Å². The molecule has 0 saturated carbocycles. The van der Waals surface area contributed by atoms with Gasteiger partial charge in [0.1, 0.15) is 6.61 Å².